The van der Waals surface area contributed by atoms with Gasteiger partial charge in [-0.2, -0.15) is 5.10 Å². The van der Waals surface area contributed by atoms with E-state index in [1.807, 2.05) is 58.8 Å². The molecular formula is C52H92N14O2S21. The highest BCUT2D eigenvalue weighted by atomic mass is 33.1. The Bertz CT molecular complexity index is 2770. The summed E-state index contributed by atoms with van der Waals surface area (Å²) >= 11 is 29.3. The summed E-state index contributed by atoms with van der Waals surface area (Å²) in [5.74, 6) is 5.56. The highest BCUT2D eigenvalue weighted by Crippen LogP contribution is 2.46. The SMILES string of the molecule is C.C.CCC(C)CSc1nnc(SSc2nnc(SC(CC)CC)s2)s1.CCC(C)CSc1nnc(SSc2nnc(SCC(CC)CC)s2)s1.CCC(CC)Sc1n[nH]c(=S)s1.CCC(CC)Sc1nnc(SSc2nnc(SC(CC)CC)s2)s1.O.O. The lowest BCUT2D eigenvalue weighted by Gasteiger charge is -2.08. The molecule has 7 rings (SSSR count). The molecule has 16 nitrogen and oxygen atoms in total. The topological polar surface area (TPSA) is 246 Å². The molecule has 0 amide bonds. The fourth-order valence-electron chi connectivity index (χ4n) is 5.95. The van der Waals surface area contributed by atoms with Crippen LogP contribution in [0.5, 0.6) is 0 Å². The average Bonchev–Trinajstić information content (AvgIpc) is 4.62. The smallest absolute Gasteiger partial charge is 0.186 e. The number of hydrogen-bond donors (Lipinski definition) is 1. The van der Waals surface area contributed by atoms with E-state index in [1.165, 1.54) is 77.0 Å². The molecule has 0 aliphatic heterocycles. The van der Waals surface area contributed by atoms with Crippen molar-refractivity contribution in [2.45, 2.75) is 266 Å². The fraction of sp³-hybridized carbons (Fsp3) is 0.731. The van der Waals surface area contributed by atoms with Gasteiger partial charge in [-0.25, -0.2) is 0 Å². The van der Waals surface area contributed by atoms with Crippen LogP contribution < -0.4 is 0 Å². The van der Waals surface area contributed by atoms with Crippen molar-refractivity contribution in [3.05, 3.63) is 3.95 Å². The Hall–Kier alpha value is 1.61. The van der Waals surface area contributed by atoms with Gasteiger partial charge >= 0.3 is 0 Å². The van der Waals surface area contributed by atoms with Crippen LogP contribution >= 0.6 is 239 Å². The van der Waals surface area contributed by atoms with Crippen molar-refractivity contribution < 1.29 is 11.0 Å². The van der Waals surface area contributed by atoms with Crippen LogP contribution in [0.3, 0.4) is 0 Å². The van der Waals surface area contributed by atoms with Crippen molar-refractivity contribution in [1.82, 2.24) is 71.4 Å². The fourth-order valence-corrected chi connectivity index (χ4v) is 28.9. The Balaban J connectivity index is 0.00000117. The molecule has 0 radical (unpaired) electrons. The van der Waals surface area contributed by atoms with Gasteiger partial charge in [0.25, 0.3) is 0 Å². The second-order valence-electron chi connectivity index (χ2n) is 18.3. The van der Waals surface area contributed by atoms with E-state index >= 15 is 0 Å². The van der Waals surface area contributed by atoms with Crippen molar-refractivity contribution in [2.75, 3.05) is 17.3 Å². The second kappa shape index (κ2) is 54.5. The summed E-state index contributed by atoms with van der Waals surface area (Å²) < 4.78 is 14.1. The molecule has 0 saturated heterocycles. The Morgan fingerprint density at radius 1 is 0.315 bits per heavy atom. The average molecular weight is 1620 g/mol. The second-order valence-corrected chi connectivity index (χ2v) is 43.6. The van der Waals surface area contributed by atoms with Crippen LogP contribution in [0.15, 0.2) is 56.4 Å². The minimum Gasteiger partial charge on any atom is -0.412 e. The first-order chi connectivity index (χ1) is 41.2. The highest BCUT2D eigenvalue weighted by molar-refractivity contribution is 8.78. The third kappa shape index (κ3) is 38.0. The number of aromatic amines is 1. The van der Waals surface area contributed by atoms with E-state index in [0.29, 0.717) is 21.0 Å². The van der Waals surface area contributed by atoms with Gasteiger partial charge in [0.05, 0.1) is 0 Å². The van der Waals surface area contributed by atoms with E-state index in [0.717, 1.165) is 95.4 Å². The van der Waals surface area contributed by atoms with Gasteiger partial charge < -0.3 is 11.0 Å². The zero-order chi connectivity index (χ0) is 61.8. The van der Waals surface area contributed by atoms with Crippen LogP contribution in [-0.2, 0) is 0 Å². The zero-order valence-electron chi connectivity index (χ0n) is 51.5. The minimum absolute atomic E-state index is 0. The molecule has 89 heavy (non-hydrogen) atoms. The van der Waals surface area contributed by atoms with Crippen LogP contribution in [0, 0.1) is 21.7 Å². The first-order valence-corrected chi connectivity index (χ1v) is 47.4. The molecule has 37 heteroatoms. The lowest BCUT2D eigenvalue weighted by molar-refractivity contribution is 0.553. The van der Waals surface area contributed by atoms with Crippen LogP contribution in [0.2, 0.25) is 0 Å². The normalized spacial score (nSPS) is 11.7. The molecule has 0 spiro atoms. The first kappa shape index (κ1) is 90.6. The van der Waals surface area contributed by atoms with E-state index in [2.05, 4.69) is 168 Å². The lowest BCUT2D eigenvalue weighted by atomic mass is 10.1. The molecule has 5 N–H and O–H groups in total. The van der Waals surface area contributed by atoms with Crippen LogP contribution in [0.25, 0.3) is 0 Å². The van der Waals surface area contributed by atoms with Crippen molar-refractivity contribution in [2.24, 2.45) is 17.8 Å². The summed E-state index contributed by atoms with van der Waals surface area (Å²) in [6.45, 7) is 31.2. The first-order valence-electron chi connectivity index (χ1n) is 28.4. The number of nitrogens with zero attached hydrogens (tertiary/aromatic N) is 13. The van der Waals surface area contributed by atoms with Gasteiger partial charge in [0, 0.05) is 38.3 Å². The lowest BCUT2D eigenvalue weighted by Crippen LogP contribution is -1.99. The molecule has 0 fully saturated rings. The number of hydrogen-bond acceptors (Lipinski definition) is 34. The van der Waals surface area contributed by atoms with Crippen molar-refractivity contribution >= 4 is 239 Å². The largest absolute Gasteiger partial charge is 0.412 e. The molecule has 0 aliphatic carbocycles. The molecule has 0 bridgehead atoms. The van der Waals surface area contributed by atoms with E-state index in [9.17, 15) is 0 Å². The molecule has 508 valence electrons. The zero-order valence-corrected chi connectivity index (χ0v) is 68.7. The number of rotatable bonds is 38. The van der Waals surface area contributed by atoms with E-state index in [1.54, 1.807) is 168 Å². The van der Waals surface area contributed by atoms with Crippen LogP contribution in [0.1, 0.15) is 189 Å². The predicted molar refractivity (Wildman–Crippen MR) is 419 cm³/mol. The molecular weight excluding hydrogens is 1530 g/mol. The number of H-pyrrole nitrogens is 1. The standard InChI is InChI=1S/C15H24N4S6.2C14H22N4S6.C7H12N2S3.2CH4.2H2O/c1-5-10(4)8-20-12-16-18-14(22-12)24-25-15-19-17-13(23-15)21-9-11(6-2)7-3;1-5-9(4)8-19-11-15-17-13(21-11)23-24-14-18-16-12(22-14)20-10(6-2)7-3;1-5-9(6-2)19-11-15-17-13(21-11)23-24-14-18-16-12(22-14)20-10(7-3)8-4;1-3-5(4-2)11-7-9-8-6(10)12-7;;;;/h10-11H,5-9H2,1-4H3;2*9-10H,5-8H2,1-4H3;5H,3-4H2,1-2H3,(H,8,10);2*1H4;2*1H2. The van der Waals surface area contributed by atoms with Crippen LogP contribution in [0.4, 0.5) is 0 Å². The predicted octanol–water partition coefficient (Wildman–Crippen LogP) is 23.3. The summed E-state index contributed by atoms with van der Waals surface area (Å²) in [5.41, 5.74) is 0. The Morgan fingerprint density at radius 3 is 0.787 bits per heavy atom. The molecule has 0 saturated carbocycles. The monoisotopic (exact) mass is 1620 g/mol. The highest BCUT2D eigenvalue weighted by Gasteiger charge is 2.18. The molecule has 0 aliphatic rings. The molecule has 7 heterocycles. The molecule has 7 aromatic heterocycles. The molecule has 7 aromatic rings. The van der Waals surface area contributed by atoms with Gasteiger partial charge in [0.15, 0.2) is 60.4 Å². The van der Waals surface area contributed by atoms with Crippen LogP contribution in [-0.4, -0.2) is 121 Å². The molecule has 2 unspecified atom stereocenters. The summed E-state index contributed by atoms with van der Waals surface area (Å²) in [6, 6.07) is 0. The van der Waals surface area contributed by atoms with Crippen molar-refractivity contribution in [1.29, 1.82) is 0 Å². The van der Waals surface area contributed by atoms with Gasteiger partial charge in [-0.05, 0) is 146 Å². The summed E-state index contributed by atoms with van der Waals surface area (Å²) in [6.07, 6.45) is 14.2. The number of nitrogens with one attached hydrogen (secondary N) is 1. The summed E-state index contributed by atoms with van der Waals surface area (Å²) in [5, 5.41) is 60.8. The number of aromatic nitrogens is 14. The van der Waals surface area contributed by atoms with E-state index in [-0.39, 0.29) is 25.8 Å². The Kier molecular flexibility index (Phi) is 55.5. The Morgan fingerprint density at radius 2 is 0.551 bits per heavy atom. The quantitative estimate of drug-likeness (QED) is 0.0215. The third-order valence-corrected chi connectivity index (χ3v) is 38.2. The van der Waals surface area contributed by atoms with E-state index in [4.69, 9.17) is 12.2 Å². The maximum absolute atomic E-state index is 4.95. The minimum atomic E-state index is 0. The summed E-state index contributed by atoms with van der Waals surface area (Å²) in [7, 11) is 9.76. The van der Waals surface area contributed by atoms with Gasteiger partial charge in [-0.1, -0.05) is 299 Å². The maximum atomic E-state index is 4.95. The Labute approximate surface area is 618 Å². The maximum Gasteiger partial charge on any atom is 0.186 e. The molecule has 2 atom stereocenters. The van der Waals surface area contributed by atoms with Crippen molar-refractivity contribution in [3.63, 3.8) is 0 Å². The van der Waals surface area contributed by atoms with Gasteiger partial charge in [-0.15, -0.1) is 61.2 Å². The number of thioether (sulfide) groups is 7. The van der Waals surface area contributed by atoms with Gasteiger partial charge in [-0.3, -0.25) is 5.10 Å². The van der Waals surface area contributed by atoms with Gasteiger partial charge in [0.1, 0.15) is 0 Å². The third-order valence-electron chi connectivity index (χ3n) is 12.0. The summed E-state index contributed by atoms with van der Waals surface area (Å²) in [4.78, 5) is 0. The van der Waals surface area contributed by atoms with Gasteiger partial charge in [0.2, 0.25) is 0 Å². The van der Waals surface area contributed by atoms with Crippen molar-refractivity contribution in [3.8, 4) is 0 Å². The van der Waals surface area contributed by atoms with E-state index < -0.39 is 0 Å². The molecule has 0 aromatic carbocycles.